The van der Waals surface area contributed by atoms with Gasteiger partial charge in [-0.15, -0.1) is 0 Å². The highest BCUT2D eigenvalue weighted by molar-refractivity contribution is 7.89. The molecule has 1 saturated carbocycles. The molecule has 0 bridgehead atoms. The van der Waals surface area contributed by atoms with Crippen LogP contribution in [0.15, 0.2) is 41.6 Å². The molecular formula is C21H25N5O5S. The van der Waals surface area contributed by atoms with Crippen LogP contribution in [0.25, 0.3) is 0 Å². The molecule has 1 aliphatic heterocycles. The second-order valence-electron chi connectivity index (χ2n) is 8.58. The second kappa shape index (κ2) is 8.47. The monoisotopic (exact) mass is 459 g/mol. The number of sulfonamides is 1. The first-order chi connectivity index (χ1) is 15.1. The maximum absolute atomic E-state index is 13.0. The van der Waals surface area contributed by atoms with E-state index in [4.69, 9.17) is 4.74 Å². The molecule has 2 aromatic rings. The molecule has 32 heavy (non-hydrogen) atoms. The molecule has 0 atom stereocenters. The maximum atomic E-state index is 13.0. The fraction of sp³-hybridized carbons (Fsp3) is 0.429. The summed E-state index contributed by atoms with van der Waals surface area (Å²) in [5, 5.41) is 2.21. The molecule has 4 rings (SSSR count). The van der Waals surface area contributed by atoms with Crippen molar-refractivity contribution in [1.82, 2.24) is 24.9 Å². The fourth-order valence-electron chi connectivity index (χ4n) is 3.26. The van der Waals surface area contributed by atoms with Gasteiger partial charge in [-0.25, -0.2) is 23.2 Å². The Balaban J connectivity index is 1.44. The molecular weight excluding hydrogens is 434 g/mol. The number of nitrogens with one attached hydrogen (secondary N) is 2. The molecule has 1 saturated heterocycles. The van der Waals surface area contributed by atoms with Crippen LogP contribution in [0.2, 0.25) is 0 Å². The standard InChI is InChI=1S/C21H25N5O5S/c1-21(2,19-22-9-15(10-23-19)11-26-12-18(27)24-20(26)28)25-32(29,30)17-5-3-4-16(8-17)31-13-14-6-7-14/h3-5,8-10,14,25H,6-7,11-13H2,1-2H3,(H,24,27,28). The Morgan fingerprint density at radius 1 is 1.22 bits per heavy atom. The molecule has 1 aliphatic carbocycles. The van der Waals surface area contributed by atoms with Crippen LogP contribution in [-0.4, -0.2) is 48.4 Å². The Kier molecular flexibility index (Phi) is 5.87. The van der Waals surface area contributed by atoms with Crippen molar-refractivity contribution < 1.29 is 22.7 Å². The van der Waals surface area contributed by atoms with Crippen LogP contribution in [0.1, 0.15) is 38.1 Å². The zero-order valence-electron chi connectivity index (χ0n) is 17.9. The van der Waals surface area contributed by atoms with Gasteiger partial charge in [0, 0.05) is 24.0 Å². The highest BCUT2D eigenvalue weighted by Gasteiger charge is 2.31. The van der Waals surface area contributed by atoms with Crippen molar-refractivity contribution in [2.24, 2.45) is 5.92 Å². The summed E-state index contributed by atoms with van der Waals surface area (Å²) in [7, 11) is -3.86. The minimum Gasteiger partial charge on any atom is -0.493 e. The van der Waals surface area contributed by atoms with Crippen molar-refractivity contribution in [1.29, 1.82) is 0 Å². The summed E-state index contributed by atoms with van der Waals surface area (Å²) in [6, 6.07) is 5.94. The third-order valence-electron chi connectivity index (χ3n) is 5.19. The number of amides is 3. The van der Waals surface area contributed by atoms with Crippen LogP contribution in [0.5, 0.6) is 5.75 Å². The first kappa shape index (κ1) is 22.2. The molecule has 2 aliphatic rings. The van der Waals surface area contributed by atoms with Crippen molar-refractivity contribution in [3.05, 3.63) is 48.0 Å². The van der Waals surface area contributed by atoms with Crippen molar-refractivity contribution >= 4 is 22.0 Å². The Labute approximate surface area is 186 Å². The largest absolute Gasteiger partial charge is 0.493 e. The molecule has 0 unspecified atom stereocenters. The van der Waals surface area contributed by atoms with E-state index in [2.05, 4.69) is 20.0 Å². The van der Waals surface area contributed by atoms with E-state index in [1.807, 2.05) is 0 Å². The first-order valence-corrected chi connectivity index (χ1v) is 11.8. The number of ether oxygens (including phenoxy) is 1. The average molecular weight is 460 g/mol. The third-order valence-corrected chi connectivity index (χ3v) is 6.85. The highest BCUT2D eigenvalue weighted by Crippen LogP contribution is 2.30. The fourth-order valence-corrected chi connectivity index (χ4v) is 4.67. The molecule has 170 valence electrons. The molecule has 1 aromatic heterocycles. The number of benzene rings is 1. The Bertz CT molecular complexity index is 1130. The number of imide groups is 1. The van der Waals surface area contributed by atoms with Gasteiger partial charge in [0.05, 0.1) is 23.6 Å². The highest BCUT2D eigenvalue weighted by atomic mass is 32.2. The van der Waals surface area contributed by atoms with E-state index in [9.17, 15) is 18.0 Å². The smallest absolute Gasteiger partial charge is 0.324 e. The van der Waals surface area contributed by atoms with Crippen molar-refractivity contribution in [3.63, 3.8) is 0 Å². The maximum Gasteiger partial charge on any atom is 0.324 e. The van der Waals surface area contributed by atoms with Gasteiger partial charge < -0.3 is 9.64 Å². The topological polar surface area (TPSA) is 131 Å². The molecule has 0 spiro atoms. The van der Waals surface area contributed by atoms with Gasteiger partial charge in [0.1, 0.15) is 18.1 Å². The molecule has 3 amide bonds. The zero-order chi connectivity index (χ0) is 22.9. The molecule has 2 heterocycles. The lowest BCUT2D eigenvalue weighted by atomic mass is 10.1. The quantitative estimate of drug-likeness (QED) is 0.544. The van der Waals surface area contributed by atoms with Crippen molar-refractivity contribution in [3.8, 4) is 5.75 Å². The number of rotatable bonds is 9. The first-order valence-electron chi connectivity index (χ1n) is 10.3. The van der Waals surface area contributed by atoms with E-state index in [1.54, 1.807) is 26.0 Å². The number of carbonyl (C=O) groups is 2. The number of nitrogens with zero attached hydrogens (tertiary/aromatic N) is 3. The summed E-state index contributed by atoms with van der Waals surface area (Å²) in [5.41, 5.74) is -0.471. The van der Waals surface area contributed by atoms with Crippen LogP contribution in [-0.2, 0) is 26.9 Å². The van der Waals surface area contributed by atoms with E-state index in [-0.39, 0.29) is 29.7 Å². The summed E-state index contributed by atoms with van der Waals surface area (Å²) < 4.78 is 34.3. The number of carbonyl (C=O) groups excluding carboxylic acids is 2. The predicted octanol–water partition coefficient (Wildman–Crippen LogP) is 1.53. The number of hydrogen-bond donors (Lipinski definition) is 2. The van der Waals surface area contributed by atoms with E-state index < -0.39 is 21.6 Å². The SMILES string of the molecule is CC(C)(NS(=O)(=O)c1cccc(OCC2CC2)c1)c1ncc(CN2CC(=O)NC2=O)cn1. The zero-order valence-corrected chi connectivity index (χ0v) is 18.7. The second-order valence-corrected chi connectivity index (χ2v) is 10.3. The number of aromatic nitrogens is 2. The Morgan fingerprint density at radius 3 is 2.56 bits per heavy atom. The minimum atomic E-state index is -3.86. The summed E-state index contributed by atoms with van der Waals surface area (Å²) in [6.45, 7) is 4.09. The van der Waals surface area contributed by atoms with Crippen molar-refractivity contribution in [2.75, 3.05) is 13.2 Å². The number of urea groups is 1. The summed E-state index contributed by atoms with van der Waals surface area (Å²) in [4.78, 5) is 33.0. The third kappa shape index (κ3) is 5.22. The van der Waals surface area contributed by atoms with E-state index in [0.717, 1.165) is 12.8 Å². The molecule has 10 nitrogen and oxygen atoms in total. The van der Waals surface area contributed by atoms with Crippen LogP contribution in [0, 0.1) is 5.92 Å². The van der Waals surface area contributed by atoms with Gasteiger partial charge in [-0.2, -0.15) is 4.72 Å². The lowest BCUT2D eigenvalue weighted by Gasteiger charge is -2.24. The number of hydrogen-bond acceptors (Lipinski definition) is 7. The van der Waals surface area contributed by atoms with Crippen LogP contribution < -0.4 is 14.8 Å². The summed E-state index contributed by atoms with van der Waals surface area (Å²) in [6.07, 6.45) is 5.33. The van der Waals surface area contributed by atoms with Crippen LogP contribution >= 0.6 is 0 Å². The van der Waals surface area contributed by atoms with Gasteiger partial charge in [-0.3, -0.25) is 10.1 Å². The molecule has 2 fully saturated rings. The van der Waals surface area contributed by atoms with Crippen LogP contribution in [0.3, 0.4) is 0 Å². The lowest BCUT2D eigenvalue weighted by molar-refractivity contribution is -0.118. The normalized spacial score (nSPS) is 16.9. The van der Waals surface area contributed by atoms with Crippen LogP contribution in [0.4, 0.5) is 4.79 Å². The van der Waals surface area contributed by atoms with Gasteiger partial charge >= 0.3 is 6.03 Å². The lowest BCUT2D eigenvalue weighted by Crippen LogP contribution is -2.42. The van der Waals surface area contributed by atoms with Gasteiger partial charge in [-0.05, 0) is 44.7 Å². The Hall–Kier alpha value is -3.05. The minimum absolute atomic E-state index is 0.0185. The van der Waals surface area contributed by atoms with Gasteiger partial charge in [0.15, 0.2) is 0 Å². The molecule has 2 N–H and O–H groups in total. The summed E-state index contributed by atoms with van der Waals surface area (Å²) >= 11 is 0. The van der Waals surface area contributed by atoms with Gasteiger partial charge in [0.2, 0.25) is 15.9 Å². The Morgan fingerprint density at radius 2 is 1.94 bits per heavy atom. The molecule has 11 heteroatoms. The summed E-state index contributed by atoms with van der Waals surface area (Å²) in [5.74, 6) is 0.994. The van der Waals surface area contributed by atoms with E-state index in [1.165, 1.54) is 29.4 Å². The van der Waals surface area contributed by atoms with Crippen molar-refractivity contribution in [2.45, 2.75) is 43.7 Å². The predicted molar refractivity (Wildman–Crippen MR) is 114 cm³/mol. The average Bonchev–Trinajstić information content (AvgIpc) is 3.51. The van der Waals surface area contributed by atoms with E-state index >= 15 is 0 Å². The molecule has 1 aromatic carbocycles. The van der Waals surface area contributed by atoms with E-state index in [0.29, 0.717) is 23.8 Å². The van der Waals surface area contributed by atoms with Gasteiger partial charge in [-0.1, -0.05) is 6.07 Å². The van der Waals surface area contributed by atoms with Gasteiger partial charge in [0.25, 0.3) is 0 Å². The molecule has 0 radical (unpaired) electrons.